The molecule has 14 heteroatoms. The Balaban J connectivity index is 2.75. The highest BCUT2D eigenvalue weighted by Crippen LogP contribution is 2.11. The van der Waals surface area contributed by atoms with Crippen LogP contribution in [0.2, 0.25) is 0 Å². The number of ether oxygens (including phenoxy) is 2. The molecular formula is C64H108N4O10. The van der Waals surface area contributed by atoms with Crippen molar-refractivity contribution in [2.75, 3.05) is 52.5 Å². The summed E-state index contributed by atoms with van der Waals surface area (Å²) in [5, 5.41) is 48.8. The van der Waals surface area contributed by atoms with Crippen LogP contribution in [0, 0.1) is 0 Å². The van der Waals surface area contributed by atoms with Crippen LogP contribution in [0.15, 0.2) is 97.2 Å². The van der Waals surface area contributed by atoms with E-state index in [-0.39, 0.29) is 52.1 Å². The van der Waals surface area contributed by atoms with Crippen LogP contribution in [-0.2, 0) is 28.7 Å². The molecule has 0 spiro atoms. The molecule has 0 saturated carbocycles. The van der Waals surface area contributed by atoms with Crippen molar-refractivity contribution in [3.63, 3.8) is 0 Å². The van der Waals surface area contributed by atoms with Crippen LogP contribution in [-0.4, -0.2) is 143 Å². The number of allylic oxidation sites excluding steroid dienone is 12. The molecule has 6 unspecified atom stereocenters. The Labute approximate surface area is 472 Å². The minimum atomic E-state index is -1.15. The van der Waals surface area contributed by atoms with Crippen molar-refractivity contribution in [2.45, 2.75) is 231 Å². The van der Waals surface area contributed by atoms with E-state index < -0.39 is 73.5 Å². The molecule has 6 N–H and O–H groups in total. The summed E-state index contributed by atoms with van der Waals surface area (Å²) in [4.78, 5) is 55.8. The Hall–Kier alpha value is -4.44. The third-order valence-electron chi connectivity index (χ3n) is 13.2. The maximum atomic E-state index is 13.1. The number of unbranched alkanes of at least 4 members (excludes halogenated alkanes) is 12. The second-order valence-electron chi connectivity index (χ2n) is 20.8. The molecule has 0 bridgehead atoms. The molecule has 0 aromatic heterocycles. The summed E-state index contributed by atoms with van der Waals surface area (Å²) < 4.78 is 10.9. The molecule has 14 nitrogen and oxygen atoms in total. The van der Waals surface area contributed by atoms with Gasteiger partial charge in [-0.15, -0.1) is 0 Å². The smallest absolute Gasteiger partial charge is 0.307 e. The van der Waals surface area contributed by atoms with Gasteiger partial charge in [-0.25, -0.2) is 0 Å². The van der Waals surface area contributed by atoms with Crippen molar-refractivity contribution in [3.05, 3.63) is 97.2 Å². The lowest BCUT2D eigenvalue weighted by atomic mass is 10.1. The van der Waals surface area contributed by atoms with Gasteiger partial charge in [0.15, 0.2) is 0 Å². The number of aliphatic hydroxyl groups excluding tert-OH is 4. The molecule has 6 atom stereocenters. The van der Waals surface area contributed by atoms with E-state index in [9.17, 15) is 39.6 Å². The Bertz CT molecular complexity index is 1570. The van der Waals surface area contributed by atoms with Gasteiger partial charge in [0, 0.05) is 39.3 Å². The summed E-state index contributed by atoms with van der Waals surface area (Å²) in [6, 6.07) is -2.31. The van der Waals surface area contributed by atoms with Crippen LogP contribution in [0.25, 0.3) is 0 Å². The van der Waals surface area contributed by atoms with E-state index in [1.165, 1.54) is 77.0 Å². The molecule has 1 saturated heterocycles. The molecule has 1 aliphatic heterocycles. The van der Waals surface area contributed by atoms with Crippen LogP contribution >= 0.6 is 0 Å². The van der Waals surface area contributed by atoms with Gasteiger partial charge in [0.2, 0.25) is 11.8 Å². The molecule has 78 heavy (non-hydrogen) atoms. The maximum absolute atomic E-state index is 13.1. The molecule has 1 fully saturated rings. The van der Waals surface area contributed by atoms with Gasteiger partial charge in [-0.2, -0.15) is 0 Å². The van der Waals surface area contributed by atoms with Crippen LogP contribution < -0.4 is 10.6 Å². The SMILES string of the molecule is CCCCC/C=C\C/C=C\CC(O)CN(CCC(=O)OCC1NC(=O)C(COC(=O)CCN(CC(O)C/C=C\C/C=C\CCCCC)CC(O)C/C=C\C/C=C\CCCCC)NC1=O)CC(O)C/C=C\C/C=C\CCCCC. The highest BCUT2D eigenvalue weighted by molar-refractivity contribution is 5.97. The fourth-order valence-electron chi connectivity index (χ4n) is 8.53. The highest BCUT2D eigenvalue weighted by Gasteiger charge is 2.35. The van der Waals surface area contributed by atoms with Crippen molar-refractivity contribution in [1.82, 2.24) is 20.4 Å². The largest absolute Gasteiger partial charge is 0.463 e. The lowest BCUT2D eigenvalue weighted by Crippen LogP contribution is -2.64. The van der Waals surface area contributed by atoms with E-state index in [1.54, 1.807) is 0 Å². The third kappa shape index (κ3) is 42.5. The molecule has 0 aliphatic carbocycles. The van der Waals surface area contributed by atoms with E-state index in [0.717, 1.165) is 51.4 Å². The quantitative estimate of drug-likeness (QED) is 0.0192. The number of aliphatic hydroxyl groups is 4. The topological polar surface area (TPSA) is 198 Å². The van der Waals surface area contributed by atoms with Gasteiger partial charge in [0.1, 0.15) is 25.3 Å². The number of rotatable bonds is 50. The summed E-state index contributed by atoms with van der Waals surface area (Å²) >= 11 is 0. The number of amides is 2. The van der Waals surface area contributed by atoms with E-state index >= 15 is 0 Å². The first-order valence-electron chi connectivity index (χ1n) is 30.2. The van der Waals surface area contributed by atoms with Gasteiger partial charge in [0.25, 0.3) is 0 Å². The standard InChI is InChI=1S/C64H108N4O10/c1-5-9-13-17-21-25-29-33-37-41-55(69)49-67(50-56(70)42-38-34-30-26-22-18-14-10-6-2)47-45-61(73)77-53-59-63(75)66-60(64(76)65-59)54-78-62(74)46-48-68(51-57(71)43-39-35-31-27-23-19-15-11-7-3)52-58(72)44-40-36-32-28-24-20-16-12-8-4/h21-28,33-40,55-60,69-72H,5-20,29-32,41-54H2,1-4H3,(H,65,76)(H,66,75)/b25-21-,26-22-,27-23-,28-24-,37-33-,38-34-,39-35-,40-36-. The summed E-state index contributed by atoms with van der Waals surface area (Å²) in [7, 11) is 0. The lowest BCUT2D eigenvalue weighted by molar-refractivity contribution is -0.152. The predicted octanol–water partition coefficient (Wildman–Crippen LogP) is 10.8. The monoisotopic (exact) mass is 1090 g/mol. The maximum Gasteiger partial charge on any atom is 0.307 e. The minimum absolute atomic E-state index is 0.0741. The van der Waals surface area contributed by atoms with Gasteiger partial charge < -0.3 is 40.5 Å². The van der Waals surface area contributed by atoms with Gasteiger partial charge in [0.05, 0.1) is 37.3 Å². The number of hydrogen-bond acceptors (Lipinski definition) is 12. The molecule has 1 aliphatic rings. The fraction of sp³-hybridized carbons (Fsp3) is 0.688. The first-order chi connectivity index (χ1) is 37.9. The van der Waals surface area contributed by atoms with E-state index in [2.05, 4.69) is 86.9 Å². The van der Waals surface area contributed by atoms with E-state index in [0.29, 0.717) is 25.7 Å². The summed E-state index contributed by atoms with van der Waals surface area (Å²) in [5.74, 6) is -2.41. The molecule has 0 aromatic carbocycles. The normalized spacial score (nSPS) is 17.2. The van der Waals surface area contributed by atoms with Crippen molar-refractivity contribution in [2.24, 2.45) is 0 Å². The molecular weight excluding hydrogens is 985 g/mol. The van der Waals surface area contributed by atoms with Crippen molar-refractivity contribution < 1.29 is 49.1 Å². The van der Waals surface area contributed by atoms with Gasteiger partial charge in [-0.3, -0.25) is 29.0 Å². The molecule has 1 heterocycles. The lowest BCUT2D eigenvalue weighted by Gasteiger charge is -2.29. The Kier molecular flexibility index (Phi) is 46.6. The Morgan fingerprint density at radius 3 is 0.936 bits per heavy atom. The summed E-state index contributed by atoms with van der Waals surface area (Å²) in [6.07, 6.45) is 53.6. The number of carbonyl (C=O) groups excluding carboxylic acids is 4. The van der Waals surface area contributed by atoms with Crippen LogP contribution in [0.5, 0.6) is 0 Å². The number of nitrogens with one attached hydrogen (secondary N) is 2. The first-order valence-corrected chi connectivity index (χ1v) is 30.2. The zero-order valence-electron chi connectivity index (χ0n) is 48.9. The van der Waals surface area contributed by atoms with E-state index in [1.807, 2.05) is 58.4 Å². The Morgan fingerprint density at radius 2 is 0.679 bits per heavy atom. The minimum Gasteiger partial charge on any atom is -0.463 e. The molecule has 444 valence electrons. The zero-order chi connectivity index (χ0) is 57.1. The summed E-state index contributed by atoms with van der Waals surface area (Å²) in [5.41, 5.74) is 0. The van der Waals surface area contributed by atoms with Crippen molar-refractivity contribution in [3.8, 4) is 0 Å². The average molecular weight is 1090 g/mol. The second kappa shape index (κ2) is 50.8. The number of hydrogen-bond donors (Lipinski definition) is 6. The molecule has 1 rings (SSSR count). The molecule has 0 aromatic rings. The highest BCUT2D eigenvalue weighted by atomic mass is 16.5. The number of nitrogens with zero attached hydrogens (tertiary/aromatic N) is 2. The average Bonchev–Trinajstić information content (AvgIpc) is 3.41. The number of carbonyl (C=O) groups is 4. The fourth-order valence-corrected chi connectivity index (χ4v) is 8.53. The molecule has 2 amide bonds. The molecule has 0 radical (unpaired) electrons. The van der Waals surface area contributed by atoms with Gasteiger partial charge >= 0.3 is 11.9 Å². The Morgan fingerprint density at radius 1 is 0.423 bits per heavy atom. The zero-order valence-corrected chi connectivity index (χ0v) is 48.9. The van der Waals surface area contributed by atoms with Crippen molar-refractivity contribution in [1.29, 1.82) is 0 Å². The van der Waals surface area contributed by atoms with Crippen molar-refractivity contribution >= 4 is 23.8 Å². The third-order valence-corrected chi connectivity index (χ3v) is 13.2. The second-order valence-corrected chi connectivity index (χ2v) is 20.8. The first kappa shape index (κ1) is 71.6. The van der Waals surface area contributed by atoms with Gasteiger partial charge in [-0.05, 0) is 103 Å². The number of piperazine rings is 1. The van der Waals surface area contributed by atoms with Crippen LogP contribution in [0.3, 0.4) is 0 Å². The van der Waals surface area contributed by atoms with Gasteiger partial charge in [-0.1, -0.05) is 176 Å². The van der Waals surface area contributed by atoms with Crippen LogP contribution in [0.4, 0.5) is 0 Å². The predicted molar refractivity (Wildman–Crippen MR) is 319 cm³/mol. The van der Waals surface area contributed by atoms with Crippen LogP contribution in [0.1, 0.15) is 195 Å². The van der Waals surface area contributed by atoms with E-state index in [4.69, 9.17) is 9.47 Å². The number of esters is 2. The summed E-state index contributed by atoms with van der Waals surface area (Å²) in [6.45, 7) is 9.24.